The van der Waals surface area contributed by atoms with E-state index < -0.39 is 9.84 Å². The zero-order chi connectivity index (χ0) is 16.4. The molecule has 1 aromatic rings. The van der Waals surface area contributed by atoms with Gasteiger partial charge in [0.15, 0.2) is 9.84 Å². The highest BCUT2D eigenvalue weighted by Gasteiger charge is 2.36. The van der Waals surface area contributed by atoms with E-state index in [1.165, 1.54) is 25.5 Å². The minimum absolute atomic E-state index is 0.0565. The maximum atomic E-state index is 12.7. The maximum Gasteiger partial charge on any atom is 0.226 e. The first-order valence-corrected chi connectivity index (χ1v) is 10.4. The third-order valence-electron chi connectivity index (χ3n) is 5.20. The largest absolute Gasteiger partial charge is 0.339 e. The molecule has 1 atom stereocenters. The number of carbonyl (C=O) groups excluding carboxylic acids is 1. The third-order valence-corrected chi connectivity index (χ3v) is 6.33. The molecule has 0 spiro atoms. The summed E-state index contributed by atoms with van der Waals surface area (Å²) in [5.41, 5.74) is 1.04. The molecule has 1 aliphatic heterocycles. The lowest BCUT2D eigenvalue weighted by Crippen LogP contribution is -2.39. The fourth-order valence-electron chi connectivity index (χ4n) is 3.86. The molecule has 2 aliphatic rings. The van der Waals surface area contributed by atoms with Gasteiger partial charge in [0.1, 0.15) is 0 Å². The Hall–Kier alpha value is -1.36. The molecule has 1 aliphatic carbocycles. The van der Waals surface area contributed by atoms with Crippen LogP contribution in [0.5, 0.6) is 0 Å². The Morgan fingerprint density at radius 1 is 1.04 bits per heavy atom. The van der Waals surface area contributed by atoms with Gasteiger partial charge in [-0.15, -0.1) is 0 Å². The van der Waals surface area contributed by atoms with E-state index in [2.05, 4.69) is 4.90 Å². The van der Waals surface area contributed by atoms with Gasteiger partial charge < -0.3 is 4.90 Å². The lowest BCUT2D eigenvalue weighted by Gasteiger charge is -2.31. The van der Waals surface area contributed by atoms with E-state index in [-0.39, 0.29) is 5.92 Å². The summed E-state index contributed by atoms with van der Waals surface area (Å²) >= 11 is 0. The van der Waals surface area contributed by atoms with Crippen molar-refractivity contribution in [1.82, 2.24) is 4.90 Å². The topological polar surface area (TPSA) is 54.5 Å². The van der Waals surface area contributed by atoms with Crippen molar-refractivity contribution in [2.45, 2.75) is 55.9 Å². The molecule has 23 heavy (non-hydrogen) atoms. The summed E-state index contributed by atoms with van der Waals surface area (Å²) in [6.45, 7) is 0.885. The lowest BCUT2D eigenvalue weighted by molar-refractivity contribution is -0.133. The highest BCUT2D eigenvalue weighted by Crippen LogP contribution is 2.30. The number of hydrogen-bond donors (Lipinski definition) is 0. The molecule has 5 heteroatoms. The van der Waals surface area contributed by atoms with Gasteiger partial charge in [-0.2, -0.15) is 0 Å². The van der Waals surface area contributed by atoms with E-state index in [4.69, 9.17) is 0 Å². The molecule has 0 radical (unpaired) electrons. The Bertz CT molecular complexity index is 660. The fourth-order valence-corrected chi connectivity index (χ4v) is 4.50. The molecule has 0 aromatic heterocycles. The van der Waals surface area contributed by atoms with Crippen molar-refractivity contribution in [2.24, 2.45) is 5.92 Å². The van der Waals surface area contributed by atoms with Crippen LogP contribution in [0.2, 0.25) is 0 Å². The van der Waals surface area contributed by atoms with Gasteiger partial charge in [-0.05, 0) is 43.4 Å². The van der Waals surface area contributed by atoms with Crippen molar-refractivity contribution in [1.29, 1.82) is 0 Å². The molecule has 126 valence electrons. The van der Waals surface area contributed by atoms with E-state index in [9.17, 15) is 13.2 Å². The Labute approximate surface area is 138 Å². The van der Waals surface area contributed by atoms with E-state index in [0.717, 1.165) is 31.4 Å². The Morgan fingerprint density at radius 2 is 1.70 bits per heavy atom. The second-order valence-electron chi connectivity index (χ2n) is 6.93. The van der Waals surface area contributed by atoms with Crippen molar-refractivity contribution in [2.75, 3.05) is 12.8 Å². The van der Waals surface area contributed by atoms with Gasteiger partial charge in [0, 0.05) is 24.8 Å². The third kappa shape index (κ3) is 3.77. The molecule has 1 saturated carbocycles. The average molecular weight is 335 g/mol. The van der Waals surface area contributed by atoms with Crippen molar-refractivity contribution < 1.29 is 13.2 Å². The van der Waals surface area contributed by atoms with Gasteiger partial charge >= 0.3 is 0 Å². The summed E-state index contributed by atoms with van der Waals surface area (Å²) in [7, 11) is -3.16. The van der Waals surface area contributed by atoms with Gasteiger partial charge in [-0.1, -0.05) is 31.4 Å². The number of hydrogen-bond acceptors (Lipinski definition) is 3. The standard InChI is InChI=1S/C18H25NO3S/c1-23(21,22)17-9-7-14(8-10-17)13-15-11-12-19(18(15)20)16-5-3-2-4-6-16/h7-10,15-16H,2-6,11-13H2,1H3. The van der Waals surface area contributed by atoms with Crippen LogP contribution < -0.4 is 0 Å². The Balaban J connectivity index is 1.63. The molecule has 0 bridgehead atoms. The number of benzene rings is 1. The van der Waals surface area contributed by atoms with Gasteiger partial charge in [0.25, 0.3) is 0 Å². The van der Waals surface area contributed by atoms with E-state index in [1.807, 2.05) is 12.1 Å². The zero-order valence-electron chi connectivity index (χ0n) is 13.7. The summed E-state index contributed by atoms with van der Waals surface area (Å²) < 4.78 is 23.0. The van der Waals surface area contributed by atoms with Crippen LogP contribution in [0.4, 0.5) is 0 Å². The fraction of sp³-hybridized carbons (Fsp3) is 0.611. The molecule has 0 N–H and O–H groups in total. The van der Waals surface area contributed by atoms with Crippen LogP contribution in [0.3, 0.4) is 0 Å². The Morgan fingerprint density at radius 3 is 2.30 bits per heavy atom. The summed E-state index contributed by atoms with van der Waals surface area (Å²) in [5, 5.41) is 0. The first kappa shape index (κ1) is 16.5. The van der Waals surface area contributed by atoms with Crippen LogP contribution in [-0.4, -0.2) is 38.1 Å². The molecular weight excluding hydrogens is 310 g/mol. The quantitative estimate of drug-likeness (QED) is 0.850. The average Bonchev–Trinajstić information content (AvgIpc) is 2.89. The highest BCUT2D eigenvalue weighted by atomic mass is 32.2. The van der Waals surface area contributed by atoms with Crippen LogP contribution in [0.1, 0.15) is 44.1 Å². The molecule has 1 amide bonds. The van der Waals surface area contributed by atoms with Crippen LogP contribution in [0.25, 0.3) is 0 Å². The molecule has 1 unspecified atom stereocenters. The molecule has 1 aromatic carbocycles. The Kier molecular flexibility index (Phi) is 4.76. The first-order chi connectivity index (χ1) is 10.9. The lowest BCUT2D eigenvalue weighted by atomic mass is 9.94. The minimum Gasteiger partial charge on any atom is -0.339 e. The van der Waals surface area contributed by atoms with Gasteiger partial charge in [-0.25, -0.2) is 8.42 Å². The van der Waals surface area contributed by atoms with Gasteiger partial charge in [0.2, 0.25) is 5.91 Å². The number of amides is 1. The smallest absolute Gasteiger partial charge is 0.226 e. The van der Waals surface area contributed by atoms with E-state index >= 15 is 0 Å². The van der Waals surface area contributed by atoms with Gasteiger partial charge in [-0.3, -0.25) is 4.79 Å². The molecule has 1 heterocycles. The van der Waals surface area contributed by atoms with E-state index in [1.54, 1.807) is 12.1 Å². The second-order valence-corrected chi connectivity index (χ2v) is 8.95. The van der Waals surface area contributed by atoms with Crippen molar-refractivity contribution in [3.05, 3.63) is 29.8 Å². The summed E-state index contributed by atoms with van der Waals surface area (Å²) in [4.78, 5) is 15.1. The molecule has 4 nitrogen and oxygen atoms in total. The van der Waals surface area contributed by atoms with Crippen LogP contribution in [0.15, 0.2) is 29.2 Å². The van der Waals surface area contributed by atoms with Crippen molar-refractivity contribution in [3.8, 4) is 0 Å². The second kappa shape index (κ2) is 6.63. The molecular formula is C18H25NO3S. The summed E-state index contributed by atoms with van der Waals surface area (Å²) in [6, 6.07) is 7.42. The molecule has 3 rings (SSSR count). The maximum absolute atomic E-state index is 12.7. The number of likely N-dealkylation sites (tertiary alicyclic amines) is 1. The minimum atomic E-state index is -3.16. The SMILES string of the molecule is CS(=O)(=O)c1ccc(CC2CCN(C3CCCCC3)C2=O)cc1. The zero-order valence-corrected chi connectivity index (χ0v) is 14.5. The number of nitrogens with zero attached hydrogens (tertiary/aromatic N) is 1. The molecule has 1 saturated heterocycles. The highest BCUT2D eigenvalue weighted by molar-refractivity contribution is 7.90. The van der Waals surface area contributed by atoms with Crippen LogP contribution in [0, 0.1) is 5.92 Å². The van der Waals surface area contributed by atoms with Crippen molar-refractivity contribution >= 4 is 15.7 Å². The monoisotopic (exact) mass is 335 g/mol. The number of carbonyl (C=O) groups is 1. The first-order valence-electron chi connectivity index (χ1n) is 8.54. The van der Waals surface area contributed by atoms with Crippen LogP contribution in [-0.2, 0) is 21.1 Å². The number of sulfone groups is 1. The summed E-state index contributed by atoms with van der Waals surface area (Å²) in [6.07, 6.45) is 8.94. The normalized spacial score (nSPS) is 23.4. The van der Waals surface area contributed by atoms with Crippen molar-refractivity contribution in [3.63, 3.8) is 0 Å². The predicted molar refractivity (Wildman–Crippen MR) is 89.9 cm³/mol. The predicted octanol–water partition coefficient (Wildman–Crippen LogP) is 2.81. The van der Waals surface area contributed by atoms with Crippen LogP contribution >= 0.6 is 0 Å². The number of rotatable bonds is 4. The molecule has 2 fully saturated rings. The van der Waals surface area contributed by atoms with Gasteiger partial charge in [0.05, 0.1) is 4.90 Å². The summed E-state index contributed by atoms with van der Waals surface area (Å²) in [5.74, 6) is 0.352. The van der Waals surface area contributed by atoms with E-state index in [0.29, 0.717) is 23.3 Å².